The van der Waals surface area contributed by atoms with Crippen LogP contribution in [-0.2, 0) is 32.5 Å². The van der Waals surface area contributed by atoms with Crippen LogP contribution in [-0.4, -0.2) is 48.2 Å². The van der Waals surface area contributed by atoms with E-state index in [1.807, 2.05) is 0 Å². The average Bonchev–Trinajstić information content (AvgIpc) is 1.52. The second kappa shape index (κ2) is 31.7. The number of hydrogen-bond donors (Lipinski definition) is 0. The maximum absolute atomic E-state index is 5.38. The molecular formula is C128H114N10. The van der Waals surface area contributed by atoms with E-state index in [4.69, 9.17) is 29.9 Å². The van der Waals surface area contributed by atoms with Crippen LogP contribution in [0.1, 0.15) is 186 Å². The van der Waals surface area contributed by atoms with E-state index in [2.05, 4.69) is 484 Å². The standard InChI is InChI=1S/C66H66N8.C62H48N2/c1-39-15-33-53-49(35-39)51-37-56-52(38-55(51)73(53)61-69-57(41-17-25-45(26-18-41)63(3,4)5)67-58(70-61)42-19-27-46(28-20-42)64(6,7)8)50-36-40(2)16-34-54(50)74(56)62-71-59(43-21-29-47(30-22-43)65(9,10)11)68-60(72-62)44-23-31-48(32-24-44)66(12,13)14;1-37-19-27-57-49(29-37)51-35-60-52(36-59(51)63(57)43-21-25-47-45-23-17-39(3)31-53(45)61(5,55(47)33-43)41-13-9-7-10-14-41)50-30-38(2)20-28-58(50)64(60)44-22-26-48-46-24-18-40(4)32-54(46)62(6,56(48)34-44)42-15-11-8-12-16-42/h15-38H,1-14H3;7-36H,1-6H3. The van der Waals surface area contributed by atoms with Gasteiger partial charge in [-0.3, -0.25) is 9.13 Å². The molecule has 0 bridgehead atoms. The number of hydrogen-bond acceptors (Lipinski definition) is 6. The molecule has 10 nitrogen and oxygen atoms in total. The van der Waals surface area contributed by atoms with E-state index in [-0.39, 0.29) is 32.5 Å². The zero-order valence-corrected chi connectivity index (χ0v) is 82.6. The minimum atomic E-state index is -0.297. The van der Waals surface area contributed by atoms with Gasteiger partial charge in [0.05, 0.1) is 44.1 Å². The average molecular weight is 1790 g/mol. The molecule has 676 valence electrons. The molecule has 16 aromatic carbocycles. The smallest absolute Gasteiger partial charge is 0.238 e. The number of benzene rings is 16. The van der Waals surface area contributed by atoms with Crippen molar-refractivity contribution >= 4 is 87.2 Å². The van der Waals surface area contributed by atoms with Crippen LogP contribution < -0.4 is 0 Å². The third kappa shape index (κ3) is 14.2. The van der Waals surface area contributed by atoms with Crippen LogP contribution in [0.25, 0.3) is 178 Å². The fourth-order valence-corrected chi connectivity index (χ4v) is 22.1. The quantitative estimate of drug-likeness (QED) is 0.135. The molecule has 6 aromatic heterocycles. The molecule has 24 rings (SSSR count). The Morgan fingerprint density at radius 3 is 0.696 bits per heavy atom. The number of fused-ring (bicyclic) bond motifs is 18. The van der Waals surface area contributed by atoms with Crippen molar-refractivity contribution in [3.8, 4) is 91.1 Å². The molecule has 2 unspecified atom stereocenters. The Kier molecular flexibility index (Phi) is 19.9. The van der Waals surface area contributed by atoms with Gasteiger partial charge in [0, 0.05) is 87.5 Å². The Balaban J connectivity index is 0.000000156. The summed E-state index contributed by atoms with van der Waals surface area (Å²) in [5, 5.41) is 9.38. The van der Waals surface area contributed by atoms with Crippen LogP contribution in [0.5, 0.6) is 0 Å². The van der Waals surface area contributed by atoms with Crippen molar-refractivity contribution in [1.82, 2.24) is 48.2 Å². The Morgan fingerprint density at radius 2 is 0.428 bits per heavy atom. The minimum absolute atomic E-state index is 0.00168. The summed E-state index contributed by atoms with van der Waals surface area (Å²) in [6.07, 6.45) is 0. The lowest BCUT2D eigenvalue weighted by molar-refractivity contribution is 0.590. The van der Waals surface area contributed by atoms with Crippen molar-refractivity contribution in [3.05, 3.63) is 417 Å². The second-order valence-electron chi connectivity index (χ2n) is 43.6. The second-order valence-corrected chi connectivity index (χ2v) is 43.6. The van der Waals surface area contributed by atoms with E-state index in [0.29, 0.717) is 35.2 Å². The lowest BCUT2D eigenvalue weighted by Gasteiger charge is -2.29. The molecule has 0 saturated carbocycles. The zero-order valence-electron chi connectivity index (χ0n) is 82.6. The van der Waals surface area contributed by atoms with Crippen LogP contribution in [0.3, 0.4) is 0 Å². The Morgan fingerprint density at radius 1 is 0.203 bits per heavy atom. The van der Waals surface area contributed by atoms with Gasteiger partial charge in [-0.1, -0.05) is 347 Å². The SMILES string of the molecule is Cc1ccc2c(c1)C(C)(c1ccccc1)c1cc(-n3c4ccc(C)cc4c4cc5c(cc43)c3cc(C)ccc3n5-c3ccc4c(c3)C(C)(c3ccccc3)c3cc(C)ccc3-4)ccc1-2.Cc1ccc2c(c1)c1cc3c(cc1n2-c1nc(-c2ccc(C(C)(C)C)cc2)nc(-c2ccc(C(C)(C)C)cc2)n1)c1cc(C)ccc1n3-c1nc(-c2ccc(C(C)(C)C)cc2)nc(-c2ccc(C(C)(C)C)cc2)n1. The predicted molar refractivity (Wildman–Crippen MR) is 577 cm³/mol. The van der Waals surface area contributed by atoms with Gasteiger partial charge in [0.25, 0.3) is 0 Å². The number of aromatic nitrogens is 10. The largest absolute Gasteiger partial charge is 0.309 e. The molecule has 2 aliphatic rings. The lowest BCUT2D eigenvalue weighted by atomic mass is 9.74. The van der Waals surface area contributed by atoms with Gasteiger partial charge in [-0.2, -0.15) is 19.9 Å². The van der Waals surface area contributed by atoms with Gasteiger partial charge in [0.15, 0.2) is 23.3 Å². The molecule has 22 aromatic rings. The summed E-state index contributed by atoms with van der Waals surface area (Å²) < 4.78 is 9.52. The monoisotopic (exact) mass is 1790 g/mol. The molecular weight excluding hydrogens is 1680 g/mol. The first-order chi connectivity index (χ1) is 66.1. The van der Waals surface area contributed by atoms with Crippen LogP contribution in [0.15, 0.2) is 328 Å². The first-order valence-corrected chi connectivity index (χ1v) is 48.7. The number of nitrogens with zero attached hydrogens (tertiary/aromatic N) is 10. The van der Waals surface area contributed by atoms with Crippen LogP contribution >= 0.6 is 0 Å². The Labute approximate surface area is 808 Å². The molecule has 0 radical (unpaired) electrons. The van der Waals surface area contributed by atoms with Crippen molar-refractivity contribution < 1.29 is 0 Å². The first kappa shape index (κ1) is 86.8. The van der Waals surface area contributed by atoms with Gasteiger partial charge >= 0.3 is 0 Å². The third-order valence-corrected chi connectivity index (χ3v) is 29.9. The topological polar surface area (TPSA) is 97.1 Å². The first-order valence-electron chi connectivity index (χ1n) is 48.7. The number of rotatable bonds is 10. The fourth-order valence-electron chi connectivity index (χ4n) is 22.1. The molecule has 0 saturated heterocycles. The van der Waals surface area contributed by atoms with E-state index in [1.54, 1.807) is 0 Å². The van der Waals surface area contributed by atoms with Gasteiger partial charge in [-0.05, 0) is 252 Å². The molecule has 138 heavy (non-hydrogen) atoms. The van der Waals surface area contributed by atoms with Gasteiger partial charge in [-0.25, -0.2) is 9.97 Å². The van der Waals surface area contributed by atoms with E-state index in [0.717, 1.165) is 77.0 Å². The van der Waals surface area contributed by atoms with E-state index in [9.17, 15) is 0 Å². The van der Waals surface area contributed by atoms with E-state index < -0.39 is 0 Å². The van der Waals surface area contributed by atoms with Crippen molar-refractivity contribution in [2.45, 2.75) is 171 Å². The Bertz CT molecular complexity index is 8110. The highest BCUT2D eigenvalue weighted by atomic mass is 15.2. The molecule has 0 N–H and O–H groups in total. The van der Waals surface area contributed by atoms with Gasteiger partial charge in [0.1, 0.15) is 0 Å². The molecule has 0 spiro atoms. The van der Waals surface area contributed by atoms with Crippen LogP contribution in [0.2, 0.25) is 0 Å². The third-order valence-electron chi connectivity index (χ3n) is 29.9. The highest BCUT2D eigenvalue weighted by molar-refractivity contribution is 6.21. The fraction of sp³-hybridized carbons (Fsp3) is 0.203. The molecule has 0 aliphatic heterocycles. The summed E-state index contributed by atoms with van der Waals surface area (Å²) >= 11 is 0. The minimum Gasteiger partial charge on any atom is -0.309 e. The summed E-state index contributed by atoms with van der Waals surface area (Å²) in [7, 11) is 0. The van der Waals surface area contributed by atoms with Crippen molar-refractivity contribution in [1.29, 1.82) is 0 Å². The van der Waals surface area contributed by atoms with E-state index >= 15 is 0 Å². The summed E-state index contributed by atoms with van der Waals surface area (Å²) in [4.78, 5) is 31.9. The summed E-state index contributed by atoms with van der Waals surface area (Å²) in [5.74, 6) is 3.56. The summed E-state index contributed by atoms with van der Waals surface area (Å²) in [6, 6.07) is 122. The number of aryl methyl sites for hydroxylation is 6. The molecule has 0 fully saturated rings. The highest BCUT2D eigenvalue weighted by Crippen LogP contribution is 2.57. The van der Waals surface area contributed by atoms with Crippen molar-refractivity contribution in [2.24, 2.45) is 0 Å². The van der Waals surface area contributed by atoms with Gasteiger partial charge < -0.3 is 9.13 Å². The summed E-state index contributed by atoms with van der Waals surface area (Å²) in [5.41, 5.74) is 40.1. The maximum Gasteiger partial charge on any atom is 0.238 e. The van der Waals surface area contributed by atoms with Gasteiger partial charge in [-0.15, -0.1) is 0 Å². The van der Waals surface area contributed by atoms with Crippen molar-refractivity contribution in [3.63, 3.8) is 0 Å². The zero-order chi connectivity index (χ0) is 95.4. The van der Waals surface area contributed by atoms with Gasteiger partial charge in [0.2, 0.25) is 11.9 Å². The predicted octanol–water partition coefficient (Wildman–Crippen LogP) is 32.5. The molecule has 2 atom stereocenters. The van der Waals surface area contributed by atoms with Crippen LogP contribution in [0.4, 0.5) is 0 Å². The van der Waals surface area contributed by atoms with E-state index in [1.165, 1.54) is 155 Å². The molecule has 2 aliphatic carbocycles. The Hall–Kier alpha value is -15.3. The maximum atomic E-state index is 5.38. The molecule has 6 heterocycles. The molecule has 10 heteroatoms. The van der Waals surface area contributed by atoms with Crippen LogP contribution in [0, 0.1) is 41.5 Å². The normalized spacial score (nSPS) is 14.9. The van der Waals surface area contributed by atoms with Crippen molar-refractivity contribution in [2.75, 3.05) is 0 Å². The highest BCUT2D eigenvalue weighted by Gasteiger charge is 2.44. The lowest BCUT2D eigenvalue weighted by Crippen LogP contribution is -2.22. The summed E-state index contributed by atoms with van der Waals surface area (Å²) in [6.45, 7) is 44.8. The molecule has 0 amide bonds.